The van der Waals surface area contributed by atoms with Crippen LogP contribution in [0.4, 0.5) is 0 Å². The van der Waals surface area contributed by atoms with E-state index in [1.54, 1.807) is 11.8 Å². The van der Waals surface area contributed by atoms with Crippen LogP contribution in [0.5, 0.6) is 0 Å². The van der Waals surface area contributed by atoms with Crippen molar-refractivity contribution in [3.05, 3.63) is 76.5 Å². The molecule has 2 N–H and O–H groups in total. The molecule has 0 saturated carbocycles. The van der Waals surface area contributed by atoms with Gasteiger partial charge in [-0.15, -0.1) is 28.1 Å². The third-order valence-electron chi connectivity index (χ3n) is 5.38. The van der Waals surface area contributed by atoms with E-state index >= 15 is 0 Å². The molecule has 3 heterocycles. The van der Waals surface area contributed by atoms with Gasteiger partial charge in [0.15, 0.2) is 5.16 Å². The first-order valence-corrected chi connectivity index (χ1v) is 12.3. The average Bonchev–Trinajstić information content (AvgIpc) is 3.57. The third kappa shape index (κ3) is 4.02. The summed E-state index contributed by atoms with van der Waals surface area (Å²) in [4.78, 5) is 17.9. The molecule has 0 spiro atoms. The Labute approximate surface area is 203 Å². The van der Waals surface area contributed by atoms with E-state index in [0.717, 1.165) is 37.8 Å². The van der Waals surface area contributed by atoms with Crippen molar-refractivity contribution in [2.24, 2.45) is 0 Å². The van der Waals surface area contributed by atoms with Gasteiger partial charge in [-0.25, -0.2) is 9.78 Å². The molecule has 3 aromatic heterocycles. The quantitative estimate of drug-likeness (QED) is 0.226. The highest BCUT2D eigenvalue weighted by atomic mass is 32.2. The summed E-state index contributed by atoms with van der Waals surface area (Å²) in [7, 11) is 0. The summed E-state index contributed by atoms with van der Waals surface area (Å²) in [6, 6.07) is 16.1. The Kier molecular flexibility index (Phi) is 5.99. The zero-order chi connectivity index (χ0) is 23.7. The van der Waals surface area contributed by atoms with Crippen LogP contribution in [-0.4, -0.2) is 47.0 Å². The SMILES string of the molecule is C=CCSc1nc2c(C)sc(C(=O)O)c2n1Cc1ccc(-c2ccccc2-c2nn[nH]n2)cc1. The number of aromatic carboxylic acids is 1. The maximum atomic E-state index is 11.9. The molecule has 8 nitrogen and oxygen atoms in total. The maximum Gasteiger partial charge on any atom is 0.348 e. The minimum absolute atomic E-state index is 0.316. The van der Waals surface area contributed by atoms with Gasteiger partial charge < -0.3 is 9.67 Å². The van der Waals surface area contributed by atoms with Crippen molar-refractivity contribution >= 4 is 40.1 Å². The number of imidazole rings is 1. The van der Waals surface area contributed by atoms with E-state index in [2.05, 4.69) is 51.5 Å². The number of thiophene rings is 1. The summed E-state index contributed by atoms with van der Waals surface area (Å²) in [5, 5.41) is 25.0. The van der Waals surface area contributed by atoms with Crippen LogP contribution >= 0.6 is 23.1 Å². The standard InChI is InChI=1S/C24H20N6O2S2/c1-3-12-33-24-25-19-14(2)34-21(23(31)32)20(19)30(24)13-15-8-10-16(11-9-15)17-6-4-5-7-18(17)22-26-28-29-27-22/h3-11H,1,12-13H2,2H3,(H,31,32)(H,26,27,28,29). The summed E-state index contributed by atoms with van der Waals surface area (Å²) >= 11 is 2.82. The summed E-state index contributed by atoms with van der Waals surface area (Å²) in [6.07, 6.45) is 1.82. The highest BCUT2D eigenvalue weighted by molar-refractivity contribution is 7.99. The lowest BCUT2D eigenvalue weighted by Crippen LogP contribution is -2.04. The Hall–Kier alpha value is -3.76. The molecule has 0 amide bonds. The maximum absolute atomic E-state index is 11.9. The van der Waals surface area contributed by atoms with E-state index in [4.69, 9.17) is 4.98 Å². The zero-order valence-electron chi connectivity index (χ0n) is 18.2. The third-order valence-corrected chi connectivity index (χ3v) is 7.42. The summed E-state index contributed by atoms with van der Waals surface area (Å²) in [5.74, 6) is 0.298. The summed E-state index contributed by atoms with van der Waals surface area (Å²) < 4.78 is 2.00. The second-order valence-corrected chi connectivity index (χ2v) is 9.76. The van der Waals surface area contributed by atoms with Gasteiger partial charge in [0.1, 0.15) is 10.4 Å². The molecule has 0 saturated heterocycles. The number of aromatic nitrogens is 6. The van der Waals surface area contributed by atoms with Gasteiger partial charge in [0.05, 0.1) is 12.1 Å². The first-order chi connectivity index (χ1) is 16.6. The van der Waals surface area contributed by atoms with Crippen molar-refractivity contribution in [2.75, 3.05) is 5.75 Å². The minimum Gasteiger partial charge on any atom is -0.477 e. The molecule has 0 aliphatic rings. The van der Waals surface area contributed by atoms with E-state index in [-0.39, 0.29) is 0 Å². The lowest BCUT2D eigenvalue weighted by Gasteiger charge is -2.11. The molecule has 0 radical (unpaired) electrons. The van der Waals surface area contributed by atoms with Crippen LogP contribution in [0.15, 0.2) is 66.3 Å². The van der Waals surface area contributed by atoms with Gasteiger partial charge in [-0.05, 0) is 28.8 Å². The predicted molar refractivity (Wildman–Crippen MR) is 134 cm³/mol. The number of nitrogens with zero attached hydrogens (tertiary/aromatic N) is 5. The lowest BCUT2D eigenvalue weighted by molar-refractivity contribution is 0.0703. The second kappa shape index (κ2) is 9.24. The van der Waals surface area contributed by atoms with Crippen molar-refractivity contribution in [1.82, 2.24) is 30.2 Å². The molecular weight excluding hydrogens is 468 g/mol. The number of hydrogen-bond donors (Lipinski definition) is 2. The predicted octanol–water partition coefficient (Wildman–Crippen LogP) is 5.28. The summed E-state index contributed by atoms with van der Waals surface area (Å²) in [6.45, 7) is 6.22. The molecule has 5 rings (SSSR count). The second-order valence-electron chi connectivity index (χ2n) is 7.55. The fourth-order valence-corrected chi connectivity index (χ4v) is 5.54. The Morgan fingerprint density at radius 1 is 1.21 bits per heavy atom. The van der Waals surface area contributed by atoms with E-state index in [1.807, 2.05) is 41.8 Å². The summed E-state index contributed by atoms with van der Waals surface area (Å²) in [5.41, 5.74) is 5.39. The monoisotopic (exact) mass is 488 g/mol. The van der Waals surface area contributed by atoms with Crippen LogP contribution in [0.1, 0.15) is 20.1 Å². The van der Waals surface area contributed by atoms with Crippen LogP contribution in [0.25, 0.3) is 33.5 Å². The molecule has 34 heavy (non-hydrogen) atoms. The molecule has 10 heteroatoms. The number of H-pyrrole nitrogens is 1. The van der Waals surface area contributed by atoms with Crippen molar-refractivity contribution in [1.29, 1.82) is 0 Å². The molecule has 170 valence electrons. The van der Waals surface area contributed by atoms with Gasteiger partial charge >= 0.3 is 5.97 Å². The van der Waals surface area contributed by atoms with Crippen LogP contribution in [-0.2, 0) is 6.54 Å². The molecule has 0 atom stereocenters. The van der Waals surface area contributed by atoms with Crippen LogP contribution in [0.3, 0.4) is 0 Å². The van der Waals surface area contributed by atoms with E-state index in [0.29, 0.717) is 28.5 Å². The molecular formula is C24H20N6O2S2. The first kappa shape index (κ1) is 22.1. The van der Waals surface area contributed by atoms with Gasteiger partial charge in [0.2, 0.25) is 5.82 Å². The van der Waals surface area contributed by atoms with Crippen LogP contribution < -0.4 is 0 Å². The number of rotatable bonds is 8. The topological polar surface area (TPSA) is 110 Å². The van der Waals surface area contributed by atoms with Crippen LogP contribution in [0.2, 0.25) is 0 Å². The highest BCUT2D eigenvalue weighted by Crippen LogP contribution is 2.35. The van der Waals surface area contributed by atoms with E-state index < -0.39 is 5.97 Å². The average molecular weight is 489 g/mol. The number of carbonyl (C=O) groups is 1. The number of fused-ring (bicyclic) bond motifs is 1. The molecule has 0 bridgehead atoms. The number of hydrogen-bond acceptors (Lipinski definition) is 7. The molecule has 0 unspecified atom stereocenters. The van der Waals surface area contributed by atoms with Gasteiger partial charge in [0, 0.05) is 16.2 Å². The van der Waals surface area contributed by atoms with Gasteiger partial charge in [0.25, 0.3) is 0 Å². The van der Waals surface area contributed by atoms with Gasteiger partial charge in [-0.3, -0.25) is 0 Å². The van der Waals surface area contributed by atoms with Crippen molar-refractivity contribution in [3.8, 4) is 22.5 Å². The number of thioether (sulfide) groups is 1. The molecule has 0 fully saturated rings. The Morgan fingerprint density at radius 2 is 1.97 bits per heavy atom. The Morgan fingerprint density at radius 3 is 2.65 bits per heavy atom. The number of aryl methyl sites for hydroxylation is 1. The number of aromatic amines is 1. The molecule has 5 aromatic rings. The zero-order valence-corrected chi connectivity index (χ0v) is 19.9. The molecule has 0 aliphatic carbocycles. The molecule has 2 aromatic carbocycles. The van der Waals surface area contributed by atoms with Gasteiger partial charge in [-0.1, -0.05) is 66.4 Å². The Bertz CT molecular complexity index is 1490. The van der Waals surface area contributed by atoms with Gasteiger partial charge in [-0.2, -0.15) is 5.21 Å². The van der Waals surface area contributed by atoms with Crippen molar-refractivity contribution in [3.63, 3.8) is 0 Å². The Balaban J connectivity index is 1.52. The fourth-order valence-electron chi connectivity index (χ4n) is 3.87. The van der Waals surface area contributed by atoms with E-state index in [1.165, 1.54) is 11.3 Å². The minimum atomic E-state index is -0.932. The number of benzene rings is 2. The smallest absolute Gasteiger partial charge is 0.348 e. The number of carboxylic acid groups (broad SMARTS) is 1. The van der Waals surface area contributed by atoms with Crippen LogP contribution in [0, 0.1) is 6.92 Å². The normalized spacial score (nSPS) is 11.2. The van der Waals surface area contributed by atoms with Crippen molar-refractivity contribution < 1.29 is 9.90 Å². The number of nitrogens with one attached hydrogen (secondary N) is 1. The van der Waals surface area contributed by atoms with E-state index in [9.17, 15) is 9.90 Å². The highest BCUT2D eigenvalue weighted by Gasteiger charge is 2.23. The number of tetrazole rings is 1. The lowest BCUT2D eigenvalue weighted by atomic mass is 9.98. The largest absolute Gasteiger partial charge is 0.477 e. The number of carboxylic acids is 1. The fraction of sp³-hybridized carbons (Fsp3) is 0.125. The van der Waals surface area contributed by atoms with Crippen molar-refractivity contribution in [2.45, 2.75) is 18.6 Å². The molecule has 0 aliphatic heterocycles. The first-order valence-electron chi connectivity index (χ1n) is 10.5.